The fraction of sp³-hybridized carbons (Fsp3) is 0.250. The highest BCUT2D eigenvalue weighted by molar-refractivity contribution is 6.30. The summed E-state index contributed by atoms with van der Waals surface area (Å²) in [5.74, 6) is -1.01. The molecule has 0 radical (unpaired) electrons. The van der Waals surface area contributed by atoms with Crippen molar-refractivity contribution in [2.75, 3.05) is 5.32 Å². The number of aromatic amines is 1. The molecule has 0 spiro atoms. The summed E-state index contributed by atoms with van der Waals surface area (Å²) in [7, 11) is 0. The smallest absolute Gasteiger partial charge is 0.355 e. The van der Waals surface area contributed by atoms with E-state index in [1.807, 2.05) is 32.0 Å². The monoisotopic (exact) mass is 320 g/mol. The number of hydrogen-bond acceptors (Lipinski definition) is 3. The van der Waals surface area contributed by atoms with Crippen molar-refractivity contribution in [3.8, 4) is 0 Å². The standard InChI is InChI=1S/C16H17ClN2O3/c1-9-5-4-6-10(2)14(9)19-15(20)11(3)22-16(21)13-7-12(17)8-18-13/h4-8,11,18H,1-3H3,(H,19,20). The molecule has 6 heteroatoms. The summed E-state index contributed by atoms with van der Waals surface area (Å²) in [6.45, 7) is 5.33. The van der Waals surface area contributed by atoms with Gasteiger partial charge in [0.1, 0.15) is 5.69 Å². The van der Waals surface area contributed by atoms with Gasteiger partial charge in [0, 0.05) is 11.9 Å². The van der Waals surface area contributed by atoms with Gasteiger partial charge < -0.3 is 15.0 Å². The third kappa shape index (κ3) is 3.68. The van der Waals surface area contributed by atoms with Gasteiger partial charge in [-0.2, -0.15) is 0 Å². The van der Waals surface area contributed by atoms with E-state index in [-0.39, 0.29) is 11.6 Å². The van der Waals surface area contributed by atoms with Crippen molar-refractivity contribution in [2.45, 2.75) is 26.9 Å². The molecule has 0 aliphatic rings. The maximum Gasteiger partial charge on any atom is 0.355 e. The zero-order valence-corrected chi connectivity index (χ0v) is 13.3. The van der Waals surface area contributed by atoms with Gasteiger partial charge >= 0.3 is 5.97 Å². The fourth-order valence-electron chi connectivity index (χ4n) is 2.00. The van der Waals surface area contributed by atoms with Crippen LogP contribution < -0.4 is 5.32 Å². The maximum absolute atomic E-state index is 12.2. The maximum atomic E-state index is 12.2. The molecule has 0 bridgehead atoms. The Bertz CT molecular complexity index is 689. The van der Waals surface area contributed by atoms with E-state index in [1.165, 1.54) is 19.2 Å². The normalized spacial score (nSPS) is 11.8. The minimum atomic E-state index is -0.923. The van der Waals surface area contributed by atoms with Crippen LogP contribution in [0.2, 0.25) is 5.02 Å². The van der Waals surface area contributed by atoms with Crippen molar-refractivity contribution >= 4 is 29.2 Å². The molecule has 22 heavy (non-hydrogen) atoms. The van der Waals surface area contributed by atoms with Gasteiger partial charge in [0.2, 0.25) is 0 Å². The summed E-state index contributed by atoms with van der Waals surface area (Å²) in [5, 5.41) is 3.19. The van der Waals surface area contributed by atoms with E-state index in [1.54, 1.807) is 0 Å². The zero-order chi connectivity index (χ0) is 16.3. The lowest BCUT2D eigenvalue weighted by Crippen LogP contribution is -2.30. The first-order valence-corrected chi connectivity index (χ1v) is 7.18. The summed E-state index contributed by atoms with van der Waals surface area (Å²) in [6, 6.07) is 7.17. The van der Waals surface area contributed by atoms with Crippen molar-refractivity contribution < 1.29 is 14.3 Å². The van der Waals surface area contributed by atoms with Gasteiger partial charge in [-0.15, -0.1) is 0 Å². The van der Waals surface area contributed by atoms with Crippen molar-refractivity contribution in [2.24, 2.45) is 0 Å². The number of carbonyl (C=O) groups is 2. The highest BCUT2D eigenvalue weighted by Crippen LogP contribution is 2.20. The first-order chi connectivity index (χ1) is 10.4. The molecule has 0 aliphatic carbocycles. The number of amides is 1. The van der Waals surface area contributed by atoms with Crippen LogP contribution in [0.15, 0.2) is 30.5 Å². The molecule has 0 aliphatic heterocycles. The number of para-hydroxylation sites is 1. The van der Waals surface area contributed by atoms with E-state index < -0.39 is 12.1 Å². The van der Waals surface area contributed by atoms with Crippen LogP contribution in [0, 0.1) is 13.8 Å². The summed E-state index contributed by atoms with van der Waals surface area (Å²) in [4.78, 5) is 26.7. The predicted molar refractivity (Wildman–Crippen MR) is 85.2 cm³/mol. The molecule has 1 aromatic carbocycles. The molecule has 116 valence electrons. The molecule has 2 rings (SSSR count). The number of carbonyl (C=O) groups excluding carboxylic acids is 2. The first kappa shape index (κ1) is 16.1. The summed E-state index contributed by atoms with van der Waals surface area (Å²) in [5.41, 5.74) is 2.83. The average Bonchev–Trinajstić information content (AvgIpc) is 2.89. The molecule has 0 saturated heterocycles. The quantitative estimate of drug-likeness (QED) is 0.847. The van der Waals surface area contributed by atoms with E-state index in [9.17, 15) is 9.59 Å². The number of anilines is 1. The fourth-order valence-corrected chi connectivity index (χ4v) is 2.16. The van der Waals surface area contributed by atoms with E-state index >= 15 is 0 Å². The Morgan fingerprint density at radius 1 is 1.27 bits per heavy atom. The van der Waals surface area contributed by atoms with Crippen LogP contribution in [0.4, 0.5) is 5.69 Å². The SMILES string of the molecule is Cc1cccc(C)c1NC(=O)C(C)OC(=O)c1cc(Cl)c[nH]1. The number of aromatic nitrogens is 1. The van der Waals surface area contributed by atoms with Gasteiger partial charge in [-0.25, -0.2) is 4.79 Å². The average molecular weight is 321 g/mol. The second-order valence-corrected chi connectivity index (χ2v) is 5.47. The molecule has 0 saturated carbocycles. The summed E-state index contributed by atoms with van der Waals surface area (Å²) in [6.07, 6.45) is 0.549. The summed E-state index contributed by atoms with van der Waals surface area (Å²) >= 11 is 5.73. The minimum Gasteiger partial charge on any atom is -0.448 e. The number of benzene rings is 1. The molecule has 1 aromatic heterocycles. The van der Waals surface area contributed by atoms with E-state index in [0.717, 1.165) is 16.8 Å². The minimum absolute atomic E-state index is 0.205. The number of halogens is 1. The number of aryl methyl sites for hydroxylation is 2. The lowest BCUT2D eigenvalue weighted by molar-refractivity contribution is -0.123. The van der Waals surface area contributed by atoms with Crippen molar-refractivity contribution in [1.82, 2.24) is 4.98 Å². The molecule has 1 atom stereocenters. The van der Waals surface area contributed by atoms with Crippen LogP contribution in [0.25, 0.3) is 0 Å². The number of ether oxygens (including phenoxy) is 1. The number of hydrogen-bond donors (Lipinski definition) is 2. The lowest BCUT2D eigenvalue weighted by Gasteiger charge is -2.15. The Labute approximate surface area is 133 Å². The first-order valence-electron chi connectivity index (χ1n) is 6.80. The van der Waals surface area contributed by atoms with E-state index in [0.29, 0.717) is 5.02 Å². The van der Waals surface area contributed by atoms with Gasteiger partial charge in [-0.3, -0.25) is 4.79 Å². The van der Waals surface area contributed by atoms with Crippen LogP contribution in [0.3, 0.4) is 0 Å². The largest absolute Gasteiger partial charge is 0.448 e. The van der Waals surface area contributed by atoms with Gasteiger partial charge in [0.25, 0.3) is 5.91 Å². The third-order valence-electron chi connectivity index (χ3n) is 3.25. The number of H-pyrrole nitrogens is 1. The zero-order valence-electron chi connectivity index (χ0n) is 12.6. The van der Waals surface area contributed by atoms with Crippen LogP contribution >= 0.6 is 11.6 Å². The Morgan fingerprint density at radius 2 is 1.91 bits per heavy atom. The Balaban J connectivity index is 2.02. The highest BCUT2D eigenvalue weighted by atomic mass is 35.5. The Morgan fingerprint density at radius 3 is 2.45 bits per heavy atom. The second-order valence-electron chi connectivity index (χ2n) is 5.04. The molecule has 0 fully saturated rings. The van der Waals surface area contributed by atoms with Gasteiger partial charge in [-0.05, 0) is 38.0 Å². The van der Waals surface area contributed by atoms with Crippen LogP contribution in [0.5, 0.6) is 0 Å². The van der Waals surface area contributed by atoms with Crippen molar-refractivity contribution in [1.29, 1.82) is 0 Å². The molecule has 1 unspecified atom stereocenters. The third-order valence-corrected chi connectivity index (χ3v) is 3.47. The van der Waals surface area contributed by atoms with Crippen LogP contribution in [-0.2, 0) is 9.53 Å². The number of esters is 1. The lowest BCUT2D eigenvalue weighted by atomic mass is 10.1. The van der Waals surface area contributed by atoms with Gasteiger partial charge in [0.15, 0.2) is 6.10 Å². The molecule has 1 heterocycles. The highest BCUT2D eigenvalue weighted by Gasteiger charge is 2.20. The van der Waals surface area contributed by atoms with Crippen LogP contribution in [-0.4, -0.2) is 23.0 Å². The van der Waals surface area contributed by atoms with Crippen molar-refractivity contribution in [3.05, 3.63) is 52.3 Å². The van der Waals surface area contributed by atoms with Crippen molar-refractivity contribution in [3.63, 3.8) is 0 Å². The van der Waals surface area contributed by atoms with E-state index in [2.05, 4.69) is 10.3 Å². The molecular formula is C16H17ClN2O3. The molecule has 1 amide bonds. The molecular weight excluding hydrogens is 304 g/mol. The molecule has 2 N–H and O–H groups in total. The van der Waals surface area contributed by atoms with Gasteiger partial charge in [-0.1, -0.05) is 29.8 Å². The molecule has 2 aromatic rings. The molecule has 5 nitrogen and oxygen atoms in total. The van der Waals surface area contributed by atoms with E-state index in [4.69, 9.17) is 16.3 Å². The predicted octanol–water partition coefficient (Wildman–Crippen LogP) is 3.47. The number of rotatable bonds is 4. The number of nitrogens with one attached hydrogen (secondary N) is 2. The summed E-state index contributed by atoms with van der Waals surface area (Å²) < 4.78 is 5.12. The topological polar surface area (TPSA) is 71.2 Å². The Kier molecular flexibility index (Phi) is 4.88. The second kappa shape index (κ2) is 6.66. The van der Waals surface area contributed by atoms with Crippen LogP contribution in [0.1, 0.15) is 28.5 Å². The Hall–Kier alpha value is -2.27. The van der Waals surface area contributed by atoms with Gasteiger partial charge in [0.05, 0.1) is 5.02 Å².